The second-order valence-electron chi connectivity index (χ2n) is 10.8. The minimum atomic E-state index is -4.48. The zero-order chi connectivity index (χ0) is 31.2. The van der Waals surface area contributed by atoms with E-state index in [-0.39, 0.29) is 22.9 Å². The average molecular weight is 646 g/mol. The van der Waals surface area contributed by atoms with Gasteiger partial charge >= 0.3 is 0 Å². The van der Waals surface area contributed by atoms with Crippen LogP contribution in [-0.2, 0) is 20.0 Å². The summed E-state index contributed by atoms with van der Waals surface area (Å²) in [6, 6.07) is 7.22. The molecule has 1 aliphatic carbocycles. The Morgan fingerprint density at radius 3 is 2.36 bits per heavy atom. The zero-order valence-corrected chi connectivity index (χ0v) is 25.5. The van der Waals surface area contributed by atoms with E-state index in [4.69, 9.17) is 9.47 Å². The molecule has 6 rings (SSSR count). The maximum absolute atomic E-state index is 14.4. The molecule has 0 amide bonds. The third-order valence-electron chi connectivity index (χ3n) is 7.71. The highest BCUT2D eigenvalue weighted by atomic mass is 32.2. The summed E-state index contributed by atoms with van der Waals surface area (Å²) in [6.07, 6.45) is 5.12. The van der Waals surface area contributed by atoms with E-state index in [9.17, 15) is 25.6 Å². The highest BCUT2D eigenvalue weighted by Gasteiger charge is 2.41. The summed E-state index contributed by atoms with van der Waals surface area (Å²) in [7, 11) is -6.43. The predicted molar refractivity (Wildman–Crippen MR) is 158 cm³/mol. The number of rotatable bonds is 9. The van der Waals surface area contributed by atoms with Crippen molar-refractivity contribution in [3.05, 3.63) is 66.3 Å². The Morgan fingerprint density at radius 2 is 1.68 bits per heavy atom. The van der Waals surface area contributed by atoms with Gasteiger partial charge in [-0.05, 0) is 68.5 Å². The molecule has 11 nitrogen and oxygen atoms in total. The van der Waals surface area contributed by atoms with Gasteiger partial charge in [0.05, 0.1) is 12.4 Å². The smallest absolute Gasteiger partial charge is 0.264 e. The monoisotopic (exact) mass is 645 g/mol. The molecule has 0 spiro atoms. The molecule has 2 fully saturated rings. The summed E-state index contributed by atoms with van der Waals surface area (Å²) in [4.78, 5) is 12.2. The van der Waals surface area contributed by atoms with Crippen LogP contribution >= 0.6 is 0 Å². The normalized spacial score (nSPS) is 16.6. The quantitative estimate of drug-likeness (QED) is 0.280. The van der Waals surface area contributed by atoms with Crippen LogP contribution in [0.2, 0.25) is 0 Å². The van der Waals surface area contributed by atoms with Crippen molar-refractivity contribution in [3.8, 4) is 22.8 Å². The lowest BCUT2D eigenvalue weighted by molar-refractivity contribution is 0.136. The minimum absolute atomic E-state index is 0.0652. The number of aromatic nitrogens is 3. The first-order valence-corrected chi connectivity index (χ1v) is 16.9. The molecule has 4 aromatic rings. The van der Waals surface area contributed by atoms with Crippen LogP contribution in [-0.4, -0.2) is 67.6 Å². The molecule has 1 N–H and O–H groups in total. The molecule has 1 aliphatic heterocycles. The number of anilines is 1. The first kappa shape index (κ1) is 30.1. The van der Waals surface area contributed by atoms with Gasteiger partial charge in [-0.2, -0.15) is 0 Å². The first-order valence-electron chi connectivity index (χ1n) is 13.9. The minimum Gasteiger partial charge on any atom is -0.488 e. The fourth-order valence-corrected chi connectivity index (χ4v) is 8.20. The maximum atomic E-state index is 14.4. The Hall–Kier alpha value is -3.95. The molecular weight excluding hydrogens is 616 g/mol. The lowest BCUT2D eigenvalue weighted by Gasteiger charge is -2.31. The number of hydrogen-bond acceptors (Lipinski definition) is 9. The van der Waals surface area contributed by atoms with Crippen LogP contribution in [0.3, 0.4) is 0 Å². The number of benzene rings is 2. The molecule has 0 atom stereocenters. The second-order valence-corrected chi connectivity index (χ2v) is 14.6. The molecule has 2 aromatic heterocycles. The number of nitrogens with zero attached hydrogens (tertiary/aromatic N) is 4. The van der Waals surface area contributed by atoms with Gasteiger partial charge in [0.2, 0.25) is 15.9 Å². The van der Waals surface area contributed by atoms with E-state index in [1.807, 2.05) is 13.0 Å². The zero-order valence-electron chi connectivity index (χ0n) is 23.8. The van der Waals surface area contributed by atoms with Gasteiger partial charge in [-0.1, -0.05) is 0 Å². The van der Waals surface area contributed by atoms with Crippen LogP contribution in [0.5, 0.6) is 11.6 Å². The van der Waals surface area contributed by atoms with Crippen molar-refractivity contribution in [1.29, 1.82) is 0 Å². The molecule has 44 heavy (non-hydrogen) atoms. The van der Waals surface area contributed by atoms with Gasteiger partial charge in [0.1, 0.15) is 45.9 Å². The largest absolute Gasteiger partial charge is 0.488 e. The molecule has 0 radical (unpaired) electrons. The molecular formula is C29H29F2N5O6S2. The predicted octanol–water partition coefficient (Wildman–Crippen LogP) is 4.42. The number of halogens is 2. The number of methoxy groups -OCH3 is 1. The van der Waals surface area contributed by atoms with Crippen LogP contribution in [0.15, 0.2) is 53.8 Å². The maximum Gasteiger partial charge on any atom is 0.264 e. The number of fused-ring (bicyclic) bond motifs is 1. The summed E-state index contributed by atoms with van der Waals surface area (Å²) in [5, 5.41) is 0.433. The number of pyridine rings is 1. The highest BCUT2D eigenvalue weighted by Crippen LogP contribution is 2.37. The van der Waals surface area contributed by atoms with Gasteiger partial charge in [-0.3, -0.25) is 4.72 Å². The number of hydrogen-bond donors (Lipinski definition) is 1. The highest BCUT2D eigenvalue weighted by molar-refractivity contribution is 7.92. The number of ether oxygens (including phenoxy) is 2. The van der Waals surface area contributed by atoms with Crippen molar-refractivity contribution in [2.24, 2.45) is 0 Å². The van der Waals surface area contributed by atoms with Crippen LogP contribution in [0.4, 0.5) is 14.5 Å². The van der Waals surface area contributed by atoms with Crippen molar-refractivity contribution in [2.75, 3.05) is 24.9 Å². The molecule has 1 saturated carbocycles. The summed E-state index contributed by atoms with van der Waals surface area (Å²) in [5.41, 5.74) is 2.26. The lowest BCUT2D eigenvalue weighted by Crippen LogP contribution is -2.43. The summed E-state index contributed by atoms with van der Waals surface area (Å²) < 4.78 is 94.7. The van der Waals surface area contributed by atoms with Crippen molar-refractivity contribution < 1.29 is 35.1 Å². The van der Waals surface area contributed by atoms with Gasteiger partial charge < -0.3 is 9.47 Å². The Balaban J connectivity index is 1.32. The van der Waals surface area contributed by atoms with Crippen molar-refractivity contribution in [1.82, 2.24) is 19.3 Å². The van der Waals surface area contributed by atoms with Gasteiger partial charge in [0, 0.05) is 42.0 Å². The van der Waals surface area contributed by atoms with E-state index in [1.54, 1.807) is 10.4 Å². The molecule has 15 heteroatoms. The second kappa shape index (κ2) is 11.5. The van der Waals surface area contributed by atoms with E-state index < -0.39 is 36.6 Å². The topological polar surface area (TPSA) is 141 Å². The van der Waals surface area contributed by atoms with Crippen LogP contribution < -0.4 is 14.2 Å². The first-order chi connectivity index (χ1) is 21.0. The summed E-state index contributed by atoms with van der Waals surface area (Å²) in [6.45, 7) is 2.56. The number of aryl methyl sites for hydroxylation is 1. The molecule has 2 aromatic carbocycles. The standard InChI is InChI=1S/C29H29F2N5O6S2/c1-17-23-11-18(19-12-25(29(41-2)32-15-19)35-43(37,38)27-6-3-20(30)14-24(27)31)13-26(28(23)34-16-33-17)42-21-7-9-36(10-8-21)44(39,40)22-4-5-22/h3,6,11-16,21-22,35H,4-5,7-10H2,1-2H3. The summed E-state index contributed by atoms with van der Waals surface area (Å²) >= 11 is 0. The summed E-state index contributed by atoms with van der Waals surface area (Å²) in [5.74, 6) is -1.77. The molecule has 232 valence electrons. The lowest BCUT2D eigenvalue weighted by atomic mass is 10.0. The molecule has 2 aliphatic rings. The SMILES string of the molecule is COc1ncc(-c2cc(OC3CCN(S(=O)(=O)C4CC4)CC3)c3ncnc(C)c3c2)cc1NS(=O)(=O)c1ccc(F)cc1F. The van der Waals surface area contributed by atoms with Crippen molar-refractivity contribution in [2.45, 2.75) is 48.9 Å². The van der Waals surface area contributed by atoms with E-state index in [1.165, 1.54) is 25.7 Å². The van der Waals surface area contributed by atoms with Crippen LogP contribution in [0.25, 0.3) is 22.0 Å². The molecule has 0 unspecified atom stereocenters. The number of sulfonamides is 2. The fourth-order valence-electron chi connectivity index (χ4n) is 5.22. The number of nitrogens with one attached hydrogen (secondary N) is 1. The van der Waals surface area contributed by atoms with E-state index >= 15 is 0 Å². The third-order valence-corrected chi connectivity index (χ3v) is 11.5. The van der Waals surface area contributed by atoms with E-state index in [0.29, 0.717) is 78.3 Å². The molecule has 0 bridgehead atoms. The van der Waals surface area contributed by atoms with E-state index in [2.05, 4.69) is 19.7 Å². The van der Waals surface area contributed by atoms with Crippen molar-refractivity contribution in [3.63, 3.8) is 0 Å². The number of piperidine rings is 1. The fraction of sp³-hybridized carbons (Fsp3) is 0.345. The van der Waals surface area contributed by atoms with Crippen molar-refractivity contribution >= 4 is 36.6 Å². The van der Waals surface area contributed by atoms with Gasteiger partial charge in [0.25, 0.3) is 10.0 Å². The average Bonchev–Trinajstić information content (AvgIpc) is 3.84. The Labute approximate surface area is 253 Å². The van der Waals surface area contributed by atoms with E-state index in [0.717, 1.165) is 12.1 Å². The van der Waals surface area contributed by atoms with Gasteiger partial charge in [-0.25, -0.2) is 44.9 Å². The van der Waals surface area contributed by atoms with Gasteiger partial charge in [-0.15, -0.1) is 0 Å². The Kier molecular flexibility index (Phi) is 7.88. The molecule has 3 heterocycles. The molecule has 1 saturated heterocycles. The van der Waals surface area contributed by atoms with Gasteiger partial charge in [0.15, 0.2) is 0 Å². The Bertz CT molecular complexity index is 1960. The van der Waals surface area contributed by atoms with Crippen LogP contribution in [0.1, 0.15) is 31.4 Å². The third kappa shape index (κ3) is 5.90. The van der Waals surface area contributed by atoms with Crippen LogP contribution in [0, 0.1) is 18.6 Å². The Morgan fingerprint density at radius 1 is 0.932 bits per heavy atom.